The van der Waals surface area contributed by atoms with Gasteiger partial charge < -0.3 is 10.4 Å². The molecule has 3 rings (SSSR count). The molecule has 0 aliphatic heterocycles. The van der Waals surface area contributed by atoms with Crippen molar-refractivity contribution in [2.24, 2.45) is 0 Å². The lowest BCUT2D eigenvalue weighted by Gasteiger charge is -2.08. The van der Waals surface area contributed by atoms with E-state index in [0.717, 1.165) is 21.1 Å². The van der Waals surface area contributed by atoms with Crippen LogP contribution in [0.25, 0.3) is 11.0 Å². The Balaban J connectivity index is 1.62. The summed E-state index contributed by atoms with van der Waals surface area (Å²) in [5.41, 5.74) is 3.35. The summed E-state index contributed by atoms with van der Waals surface area (Å²) in [5.74, 6) is -0.184. The smallest absolute Gasteiger partial charge is 0.244 e. The summed E-state index contributed by atoms with van der Waals surface area (Å²) >= 11 is 2.94. The number of rotatable bonds is 5. The SMILES string of the molecule is CC(NC(=O)C=Cc1cc(CO)cs1)c1cn2ncsc2n1. The first-order valence-electron chi connectivity index (χ1n) is 6.61. The van der Waals surface area contributed by atoms with Crippen LogP contribution in [0.15, 0.2) is 29.2 Å². The molecule has 8 heteroatoms. The van der Waals surface area contributed by atoms with Crippen LogP contribution in [0.1, 0.15) is 29.1 Å². The second kappa shape index (κ2) is 6.39. The van der Waals surface area contributed by atoms with Crippen LogP contribution < -0.4 is 5.32 Å². The molecule has 1 amide bonds. The van der Waals surface area contributed by atoms with E-state index in [0.29, 0.717) is 0 Å². The highest BCUT2D eigenvalue weighted by Crippen LogP contribution is 2.17. The molecule has 0 saturated heterocycles. The highest BCUT2D eigenvalue weighted by Gasteiger charge is 2.12. The number of carbonyl (C=O) groups excluding carboxylic acids is 1. The second-order valence-corrected chi connectivity index (χ2v) is 6.47. The Labute approximate surface area is 134 Å². The quantitative estimate of drug-likeness (QED) is 0.701. The van der Waals surface area contributed by atoms with Crippen LogP contribution in [-0.2, 0) is 11.4 Å². The number of thiophene rings is 1. The highest BCUT2D eigenvalue weighted by atomic mass is 32.1. The van der Waals surface area contributed by atoms with Crippen molar-refractivity contribution < 1.29 is 9.90 Å². The summed E-state index contributed by atoms with van der Waals surface area (Å²) in [6.45, 7) is 1.90. The van der Waals surface area contributed by atoms with Crippen molar-refractivity contribution in [2.45, 2.75) is 19.6 Å². The maximum atomic E-state index is 11.9. The number of fused-ring (bicyclic) bond motifs is 1. The van der Waals surface area contributed by atoms with Gasteiger partial charge in [-0.3, -0.25) is 4.79 Å². The van der Waals surface area contributed by atoms with Crippen LogP contribution in [-0.4, -0.2) is 25.6 Å². The van der Waals surface area contributed by atoms with Gasteiger partial charge in [-0.05, 0) is 30.0 Å². The van der Waals surface area contributed by atoms with Crippen LogP contribution in [0.3, 0.4) is 0 Å². The Morgan fingerprint density at radius 1 is 1.55 bits per heavy atom. The minimum atomic E-state index is -0.192. The molecule has 0 bridgehead atoms. The molecular formula is C14H14N4O2S2. The van der Waals surface area contributed by atoms with Gasteiger partial charge in [-0.2, -0.15) is 5.10 Å². The number of carbonyl (C=O) groups is 1. The predicted molar refractivity (Wildman–Crippen MR) is 86.7 cm³/mol. The van der Waals surface area contributed by atoms with E-state index in [1.54, 1.807) is 16.1 Å². The van der Waals surface area contributed by atoms with E-state index in [4.69, 9.17) is 5.11 Å². The molecule has 3 aromatic rings. The lowest BCUT2D eigenvalue weighted by Crippen LogP contribution is -2.24. The van der Waals surface area contributed by atoms with Gasteiger partial charge in [0.05, 0.1) is 24.5 Å². The summed E-state index contributed by atoms with van der Waals surface area (Å²) in [5, 5.41) is 17.9. The molecule has 0 spiro atoms. The van der Waals surface area contributed by atoms with E-state index in [1.807, 2.05) is 24.6 Å². The van der Waals surface area contributed by atoms with Crippen molar-refractivity contribution >= 4 is 39.6 Å². The number of aromatic nitrogens is 3. The van der Waals surface area contributed by atoms with E-state index in [9.17, 15) is 4.79 Å². The Hall–Kier alpha value is -2.03. The molecule has 3 heterocycles. The fourth-order valence-electron chi connectivity index (χ4n) is 1.92. The van der Waals surface area contributed by atoms with Crippen LogP contribution >= 0.6 is 22.7 Å². The zero-order chi connectivity index (χ0) is 15.5. The highest BCUT2D eigenvalue weighted by molar-refractivity contribution is 7.14. The van der Waals surface area contributed by atoms with E-state index in [-0.39, 0.29) is 18.6 Å². The molecular weight excluding hydrogens is 320 g/mol. The Morgan fingerprint density at radius 3 is 3.14 bits per heavy atom. The van der Waals surface area contributed by atoms with Gasteiger partial charge in [0, 0.05) is 11.0 Å². The third-order valence-corrected chi connectivity index (χ3v) is 4.70. The molecule has 1 atom stereocenters. The molecule has 0 aliphatic carbocycles. The summed E-state index contributed by atoms with van der Waals surface area (Å²) in [7, 11) is 0. The second-order valence-electron chi connectivity index (χ2n) is 4.71. The number of nitrogens with zero attached hydrogens (tertiary/aromatic N) is 3. The number of aliphatic hydroxyl groups is 1. The molecule has 0 saturated carbocycles. The Morgan fingerprint density at radius 2 is 2.41 bits per heavy atom. The molecule has 2 N–H and O–H groups in total. The van der Waals surface area contributed by atoms with E-state index in [1.165, 1.54) is 28.7 Å². The molecule has 3 aromatic heterocycles. The van der Waals surface area contributed by atoms with Gasteiger partial charge in [-0.1, -0.05) is 11.3 Å². The third kappa shape index (κ3) is 3.24. The van der Waals surface area contributed by atoms with Gasteiger partial charge in [0.25, 0.3) is 0 Å². The van der Waals surface area contributed by atoms with Crippen LogP contribution in [0.5, 0.6) is 0 Å². The predicted octanol–water partition coefficient (Wildman–Crippen LogP) is 2.24. The lowest BCUT2D eigenvalue weighted by molar-refractivity contribution is -0.117. The Bertz CT molecular complexity index is 789. The zero-order valence-corrected chi connectivity index (χ0v) is 13.4. The van der Waals surface area contributed by atoms with Gasteiger partial charge in [0.2, 0.25) is 10.9 Å². The summed E-state index contributed by atoms with van der Waals surface area (Å²) in [6.07, 6.45) is 5.03. The van der Waals surface area contributed by atoms with Crippen molar-refractivity contribution in [3.8, 4) is 0 Å². The monoisotopic (exact) mass is 334 g/mol. The lowest BCUT2D eigenvalue weighted by atomic mass is 10.2. The van der Waals surface area contributed by atoms with E-state index >= 15 is 0 Å². The van der Waals surface area contributed by atoms with Gasteiger partial charge in [0.1, 0.15) is 5.51 Å². The van der Waals surface area contributed by atoms with Crippen molar-refractivity contribution in [3.05, 3.63) is 45.4 Å². The van der Waals surface area contributed by atoms with Gasteiger partial charge in [-0.15, -0.1) is 11.3 Å². The molecule has 0 aromatic carbocycles. The molecule has 22 heavy (non-hydrogen) atoms. The van der Waals surface area contributed by atoms with Crippen molar-refractivity contribution in [1.82, 2.24) is 19.9 Å². The van der Waals surface area contributed by atoms with Gasteiger partial charge in [0.15, 0.2) is 0 Å². The van der Waals surface area contributed by atoms with Crippen molar-refractivity contribution in [2.75, 3.05) is 0 Å². The largest absolute Gasteiger partial charge is 0.392 e. The summed E-state index contributed by atoms with van der Waals surface area (Å²) in [6, 6.07) is 1.66. The number of amides is 1. The first-order valence-corrected chi connectivity index (χ1v) is 8.37. The summed E-state index contributed by atoms with van der Waals surface area (Å²) < 4.78 is 1.70. The normalized spacial score (nSPS) is 13.0. The summed E-state index contributed by atoms with van der Waals surface area (Å²) in [4.78, 5) is 18.1. The average molecular weight is 334 g/mol. The zero-order valence-electron chi connectivity index (χ0n) is 11.8. The number of hydrogen-bond acceptors (Lipinski definition) is 6. The minimum absolute atomic E-state index is 0.0130. The molecule has 1 unspecified atom stereocenters. The molecule has 6 nitrogen and oxygen atoms in total. The van der Waals surface area contributed by atoms with Crippen LogP contribution in [0.4, 0.5) is 0 Å². The molecule has 0 aliphatic rings. The molecule has 0 radical (unpaired) electrons. The third-order valence-electron chi connectivity index (χ3n) is 3.06. The minimum Gasteiger partial charge on any atom is -0.392 e. The first kappa shape index (κ1) is 14.9. The maximum absolute atomic E-state index is 11.9. The van der Waals surface area contributed by atoms with Crippen LogP contribution in [0, 0.1) is 0 Å². The van der Waals surface area contributed by atoms with Gasteiger partial charge in [-0.25, -0.2) is 9.50 Å². The molecule has 0 fully saturated rings. The number of aliphatic hydroxyl groups excluding tert-OH is 1. The van der Waals surface area contributed by atoms with Gasteiger partial charge >= 0.3 is 0 Å². The Kier molecular flexibility index (Phi) is 4.32. The number of nitrogens with one attached hydrogen (secondary N) is 1. The van der Waals surface area contributed by atoms with E-state index < -0.39 is 0 Å². The van der Waals surface area contributed by atoms with Crippen molar-refractivity contribution in [3.63, 3.8) is 0 Å². The number of hydrogen-bond donors (Lipinski definition) is 2. The molecule has 114 valence electrons. The standard InChI is InChI=1S/C14H14N4O2S2/c1-9(12-5-18-14(17-12)22-8-15-18)16-13(20)3-2-11-4-10(6-19)7-21-11/h2-5,7-9,19H,6H2,1H3,(H,16,20). The topological polar surface area (TPSA) is 79.5 Å². The fraction of sp³-hybridized carbons (Fsp3) is 0.214. The van der Waals surface area contributed by atoms with Crippen LogP contribution in [0.2, 0.25) is 0 Å². The van der Waals surface area contributed by atoms with E-state index in [2.05, 4.69) is 15.4 Å². The maximum Gasteiger partial charge on any atom is 0.244 e. The number of imidazole rings is 1. The average Bonchev–Trinajstić information content (AvgIpc) is 3.19. The fourth-order valence-corrected chi connectivity index (χ4v) is 3.33. The van der Waals surface area contributed by atoms with Crippen molar-refractivity contribution in [1.29, 1.82) is 0 Å². The first-order chi connectivity index (χ1) is 10.7.